The topological polar surface area (TPSA) is 49.8 Å². The van der Waals surface area contributed by atoms with E-state index in [1.165, 1.54) is 12.1 Å². The quantitative estimate of drug-likeness (QED) is 0.316. The van der Waals surface area contributed by atoms with Crippen molar-refractivity contribution in [1.29, 1.82) is 0 Å². The van der Waals surface area contributed by atoms with Gasteiger partial charge in [-0.1, -0.05) is 12.1 Å². The zero-order chi connectivity index (χ0) is 19.7. The number of hydrogen-bond acceptors (Lipinski definition) is 4. The maximum Gasteiger partial charge on any atom is 0.174 e. The molecule has 1 aromatic heterocycles. The minimum atomic E-state index is -0.400. The zero-order valence-corrected chi connectivity index (χ0v) is 17.4. The summed E-state index contributed by atoms with van der Waals surface area (Å²) in [5.41, 5.74) is 2.37. The van der Waals surface area contributed by atoms with Crippen LogP contribution in [0.4, 0.5) is 31.8 Å². The number of nitrogens with zero attached hydrogens (tertiary/aromatic N) is 2. The third-order valence-corrected chi connectivity index (χ3v) is 5.22. The second-order valence-electron chi connectivity index (χ2n) is 5.92. The highest BCUT2D eigenvalue weighted by molar-refractivity contribution is 9.10. The predicted molar refractivity (Wildman–Crippen MR) is 114 cm³/mol. The van der Waals surface area contributed by atoms with Gasteiger partial charge in [0.2, 0.25) is 0 Å². The molecule has 0 bridgehead atoms. The van der Waals surface area contributed by atoms with E-state index in [0.29, 0.717) is 43.0 Å². The van der Waals surface area contributed by atoms with E-state index in [2.05, 4.69) is 52.5 Å². The fourth-order valence-corrected chi connectivity index (χ4v) is 3.09. The Balaban J connectivity index is 1.77. The molecule has 4 nitrogen and oxygen atoms in total. The Morgan fingerprint density at radius 3 is 1.46 bits per heavy atom. The molecule has 3 aromatic carbocycles. The second-order valence-corrected chi connectivity index (χ2v) is 7.63. The lowest BCUT2D eigenvalue weighted by Gasteiger charge is -2.14. The number of rotatable bonds is 4. The molecule has 0 aliphatic rings. The van der Waals surface area contributed by atoms with Gasteiger partial charge in [0.05, 0.1) is 20.0 Å². The first kappa shape index (κ1) is 18.8. The lowest BCUT2D eigenvalue weighted by atomic mass is 10.2. The Kier molecular flexibility index (Phi) is 5.23. The van der Waals surface area contributed by atoms with Gasteiger partial charge in [0.15, 0.2) is 11.6 Å². The van der Waals surface area contributed by atoms with E-state index in [-0.39, 0.29) is 0 Å². The molecule has 140 valence electrons. The fraction of sp³-hybridized carbons (Fsp3) is 0. The van der Waals surface area contributed by atoms with Gasteiger partial charge in [-0.05, 0) is 80.4 Å². The number of nitrogens with one attached hydrogen (secondary N) is 2. The van der Waals surface area contributed by atoms with Crippen molar-refractivity contribution in [3.8, 4) is 0 Å². The molecule has 2 N–H and O–H groups in total. The molecule has 4 aromatic rings. The summed E-state index contributed by atoms with van der Waals surface area (Å²) in [7, 11) is 0. The monoisotopic (exact) mass is 504 g/mol. The number of halogens is 4. The normalized spacial score (nSPS) is 10.9. The highest BCUT2D eigenvalue weighted by Crippen LogP contribution is 2.30. The molecule has 4 rings (SSSR count). The van der Waals surface area contributed by atoms with Crippen molar-refractivity contribution in [2.45, 2.75) is 0 Å². The van der Waals surface area contributed by atoms with Gasteiger partial charge in [-0.15, -0.1) is 0 Å². The molecule has 0 atom stereocenters. The number of para-hydroxylation sites is 2. The maximum absolute atomic E-state index is 13.9. The molecule has 0 fully saturated rings. The Bertz CT molecular complexity index is 1090. The molecule has 1 heterocycles. The van der Waals surface area contributed by atoms with Crippen molar-refractivity contribution < 1.29 is 8.78 Å². The van der Waals surface area contributed by atoms with E-state index < -0.39 is 11.6 Å². The van der Waals surface area contributed by atoms with Gasteiger partial charge in [0.25, 0.3) is 0 Å². The smallest absolute Gasteiger partial charge is 0.174 e. The predicted octanol–water partition coefficient (Wildman–Crippen LogP) is 6.92. The summed E-state index contributed by atoms with van der Waals surface area (Å²) in [4.78, 5) is 9.17. The molecule has 0 radical (unpaired) electrons. The Labute approximate surface area is 176 Å². The van der Waals surface area contributed by atoms with E-state index in [1.807, 2.05) is 24.3 Å². The fourth-order valence-electron chi connectivity index (χ4n) is 2.60. The van der Waals surface area contributed by atoms with Crippen molar-refractivity contribution in [3.63, 3.8) is 0 Å². The van der Waals surface area contributed by atoms with Crippen LogP contribution in [0.2, 0.25) is 0 Å². The van der Waals surface area contributed by atoms with Crippen LogP contribution in [0, 0.1) is 11.6 Å². The maximum atomic E-state index is 13.9. The van der Waals surface area contributed by atoms with Gasteiger partial charge in [0.1, 0.15) is 11.6 Å². The van der Waals surface area contributed by atoms with Crippen molar-refractivity contribution in [2.75, 3.05) is 10.6 Å². The zero-order valence-electron chi connectivity index (χ0n) is 14.2. The van der Waals surface area contributed by atoms with Crippen LogP contribution < -0.4 is 10.6 Å². The van der Waals surface area contributed by atoms with Crippen LogP contribution in [-0.4, -0.2) is 9.97 Å². The van der Waals surface area contributed by atoms with Gasteiger partial charge in [0, 0.05) is 11.4 Å². The lowest BCUT2D eigenvalue weighted by molar-refractivity contribution is 0.621. The van der Waals surface area contributed by atoms with E-state index >= 15 is 0 Å². The van der Waals surface area contributed by atoms with Crippen LogP contribution in [0.25, 0.3) is 11.0 Å². The molecule has 0 aliphatic carbocycles. The molecule has 0 aliphatic heterocycles. The van der Waals surface area contributed by atoms with Crippen LogP contribution in [-0.2, 0) is 0 Å². The minimum absolute atomic E-state index is 0.367. The molecular formula is C20H12Br2F2N4. The minimum Gasteiger partial charge on any atom is -0.337 e. The summed E-state index contributed by atoms with van der Waals surface area (Å²) in [6.07, 6.45) is 0. The van der Waals surface area contributed by atoms with Gasteiger partial charge < -0.3 is 10.6 Å². The summed E-state index contributed by atoms with van der Waals surface area (Å²) in [5.74, 6) is -0.0148. The van der Waals surface area contributed by atoms with Crippen LogP contribution in [0.5, 0.6) is 0 Å². The van der Waals surface area contributed by atoms with Crippen molar-refractivity contribution in [1.82, 2.24) is 9.97 Å². The van der Waals surface area contributed by atoms with E-state index in [0.717, 1.165) is 0 Å². The van der Waals surface area contributed by atoms with E-state index in [9.17, 15) is 8.78 Å². The molecule has 28 heavy (non-hydrogen) atoms. The van der Waals surface area contributed by atoms with Gasteiger partial charge in [-0.3, -0.25) is 0 Å². The van der Waals surface area contributed by atoms with Crippen LogP contribution in [0.1, 0.15) is 0 Å². The highest BCUT2D eigenvalue weighted by Gasteiger charge is 2.12. The van der Waals surface area contributed by atoms with Gasteiger partial charge >= 0.3 is 0 Å². The SMILES string of the molecule is Fc1cc(Nc2nc3ccccc3nc2Nc2ccc(Br)c(F)c2)ccc1Br. The summed E-state index contributed by atoms with van der Waals surface area (Å²) < 4.78 is 28.5. The van der Waals surface area contributed by atoms with E-state index in [4.69, 9.17) is 0 Å². The first-order valence-corrected chi connectivity index (χ1v) is 9.79. The molecule has 8 heteroatoms. The van der Waals surface area contributed by atoms with Crippen molar-refractivity contribution >= 4 is 65.9 Å². The number of aromatic nitrogens is 2. The standard InChI is InChI=1S/C20H12Br2F2N4/c21-13-7-5-11(9-15(13)23)25-19-20(26-12-6-8-14(22)16(24)10-12)28-18-4-2-1-3-17(18)27-19/h1-10H,(H,25,27)(H,26,28). The molecular weight excluding hydrogens is 494 g/mol. The molecule has 0 saturated carbocycles. The highest BCUT2D eigenvalue weighted by atomic mass is 79.9. The number of anilines is 4. The first-order valence-electron chi connectivity index (χ1n) is 8.20. The summed E-state index contributed by atoms with van der Waals surface area (Å²) in [6.45, 7) is 0. The second kappa shape index (κ2) is 7.81. The third kappa shape index (κ3) is 3.98. The Morgan fingerprint density at radius 2 is 1.07 bits per heavy atom. The van der Waals surface area contributed by atoms with Crippen LogP contribution in [0.15, 0.2) is 69.6 Å². The van der Waals surface area contributed by atoms with Crippen LogP contribution >= 0.6 is 31.9 Å². The Hall–Kier alpha value is -2.58. The number of fused-ring (bicyclic) bond motifs is 1. The molecule has 0 saturated heterocycles. The molecule has 0 spiro atoms. The number of benzene rings is 3. The van der Waals surface area contributed by atoms with Crippen molar-refractivity contribution in [2.24, 2.45) is 0 Å². The first-order chi connectivity index (χ1) is 13.5. The van der Waals surface area contributed by atoms with Gasteiger partial charge in [-0.2, -0.15) is 0 Å². The summed E-state index contributed by atoms with van der Waals surface area (Å²) in [5, 5.41) is 6.16. The third-order valence-electron chi connectivity index (χ3n) is 3.94. The van der Waals surface area contributed by atoms with Crippen LogP contribution in [0.3, 0.4) is 0 Å². The van der Waals surface area contributed by atoms with E-state index in [1.54, 1.807) is 24.3 Å². The average molecular weight is 506 g/mol. The largest absolute Gasteiger partial charge is 0.337 e. The average Bonchev–Trinajstić information content (AvgIpc) is 2.68. The lowest BCUT2D eigenvalue weighted by Crippen LogP contribution is -2.04. The van der Waals surface area contributed by atoms with Gasteiger partial charge in [-0.25, -0.2) is 18.7 Å². The molecule has 0 amide bonds. The summed E-state index contributed by atoms with van der Waals surface area (Å²) in [6, 6.07) is 16.7. The Morgan fingerprint density at radius 1 is 0.643 bits per heavy atom. The summed E-state index contributed by atoms with van der Waals surface area (Å²) >= 11 is 6.27. The molecule has 0 unspecified atom stereocenters. The van der Waals surface area contributed by atoms with Crippen molar-refractivity contribution in [3.05, 3.63) is 81.2 Å². The number of hydrogen-bond donors (Lipinski definition) is 2.